The molecule has 140 valence electrons. The number of carbonyl (C=O) groups is 3. The molecule has 1 heterocycles. The summed E-state index contributed by atoms with van der Waals surface area (Å²) in [5, 5.41) is 0. The third kappa shape index (κ3) is 3.89. The molecule has 0 unspecified atom stereocenters. The van der Waals surface area contributed by atoms with Crippen LogP contribution in [0.5, 0.6) is 0 Å². The average molecular weight is 355 g/mol. The van der Waals surface area contributed by atoms with E-state index in [1.165, 1.54) is 0 Å². The first-order chi connectivity index (χ1) is 12.3. The second kappa shape index (κ2) is 7.34. The van der Waals surface area contributed by atoms with Gasteiger partial charge in [-0.2, -0.15) is 0 Å². The van der Waals surface area contributed by atoms with Gasteiger partial charge in [0.05, 0.1) is 0 Å². The van der Waals surface area contributed by atoms with Gasteiger partial charge in [0.2, 0.25) is 5.91 Å². The van der Waals surface area contributed by atoms with Crippen molar-refractivity contribution in [2.45, 2.75) is 58.8 Å². The summed E-state index contributed by atoms with van der Waals surface area (Å²) in [5.74, 6) is -0.164. The minimum Gasteiger partial charge on any atom is -0.343 e. The van der Waals surface area contributed by atoms with Gasteiger partial charge < -0.3 is 4.90 Å². The molecule has 2 aliphatic rings. The van der Waals surface area contributed by atoms with Crippen molar-refractivity contribution >= 4 is 17.5 Å². The molecule has 4 heteroatoms. The Labute approximate surface area is 156 Å². The fraction of sp³-hybridized carbons (Fsp3) is 0.591. The van der Waals surface area contributed by atoms with Crippen LogP contribution in [0.25, 0.3) is 0 Å². The van der Waals surface area contributed by atoms with Crippen molar-refractivity contribution in [2.75, 3.05) is 13.1 Å². The van der Waals surface area contributed by atoms with Crippen molar-refractivity contribution in [3.05, 3.63) is 35.9 Å². The summed E-state index contributed by atoms with van der Waals surface area (Å²) in [6, 6.07) is 9.62. The zero-order valence-corrected chi connectivity index (χ0v) is 15.9. The highest BCUT2D eigenvalue weighted by molar-refractivity contribution is 6.12. The van der Waals surface area contributed by atoms with Crippen LogP contribution in [-0.4, -0.2) is 35.5 Å². The van der Waals surface area contributed by atoms with Crippen molar-refractivity contribution in [2.24, 2.45) is 10.8 Å². The molecule has 2 fully saturated rings. The number of carbonyl (C=O) groups excluding carboxylic acids is 3. The lowest BCUT2D eigenvalue weighted by molar-refractivity contribution is -0.154. The molecule has 3 rings (SSSR count). The number of likely N-dealkylation sites (tertiary alicyclic amines) is 1. The molecule has 0 bridgehead atoms. The van der Waals surface area contributed by atoms with Gasteiger partial charge in [-0.1, -0.05) is 44.2 Å². The first kappa shape index (κ1) is 18.8. The van der Waals surface area contributed by atoms with Crippen molar-refractivity contribution in [1.29, 1.82) is 0 Å². The minimum atomic E-state index is -1.19. The molecule has 26 heavy (non-hydrogen) atoms. The Morgan fingerprint density at radius 3 is 2.12 bits per heavy atom. The lowest BCUT2D eigenvalue weighted by Crippen LogP contribution is -2.52. The highest BCUT2D eigenvalue weighted by Crippen LogP contribution is 2.44. The van der Waals surface area contributed by atoms with Gasteiger partial charge in [-0.05, 0) is 36.7 Å². The topological polar surface area (TPSA) is 54.5 Å². The molecule has 0 N–H and O–H groups in total. The molecule has 0 spiro atoms. The van der Waals surface area contributed by atoms with Crippen LogP contribution in [0.2, 0.25) is 0 Å². The summed E-state index contributed by atoms with van der Waals surface area (Å²) in [7, 11) is 0. The van der Waals surface area contributed by atoms with E-state index in [2.05, 4.69) is 0 Å². The molecule has 1 amide bonds. The van der Waals surface area contributed by atoms with E-state index in [0.717, 1.165) is 37.9 Å². The standard InChI is InChI=1S/C22H29NO3/c1-21(2)14-18(24)22(19(25)15-21,13-17-9-5-3-6-10-17)16-20(26)23-11-7-4-8-12-23/h3,5-6,9-10H,4,7-8,11-16H2,1-2H3. The van der Waals surface area contributed by atoms with Gasteiger partial charge in [0.25, 0.3) is 0 Å². The molecule has 1 saturated carbocycles. The molecular weight excluding hydrogens is 326 g/mol. The van der Waals surface area contributed by atoms with E-state index in [-0.39, 0.29) is 29.3 Å². The smallest absolute Gasteiger partial charge is 0.224 e. The maximum atomic E-state index is 13.2. The number of piperidine rings is 1. The monoisotopic (exact) mass is 355 g/mol. The fourth-order valence-corrected chi connectivity index (χ4v) is 4.34. The second-order valence-electron chi connectivity index (χ2n) is 8.73. The van der Waals surface area contributed by atoms with Gasteiger partial charge in [0.1, 0.15) is 17.0 Å². The Kier molecular flexibility index (Phi) is 5.31. The molecule has 0 radical (unpaired) electrons. The van der Waals surface area contributed by atoms with Crippen LogP contribution in [0.3, 0.4) is 0 Å². The number of nitrogens with zero attached hydrogens (tertiary/aromatic N) is 1. The van der Waals surface area contributed by atoms with Crippen LogP contribution >= 0.6 is 0 Å². The highest BCUT2D eigenvalue weighted by atomic mass is 16.2. The van der Waals surface area contributed by atoms with Crippen LogP contribution in [0.1, 0.15) is 57.9 Å². The second-order valence-corrected chi connectivity index (χ2v) is 8.73. The van der Waals surface area contributed by atoms with Gasteiger partial charge in [0.15, 0.2) is 0 Å². The molecule has 1 aromatic rings. The molecule has 1 saturated heterocycles. The normalized spacial score (nSPS) is 22.3. The molecule has 1 aliphatic heterocycles. The van der Waals surface area contributed by atoms with E-state index < -0.39 is 5.41 Å². The summed E-state index contributed by atoms with van der Waals surface area (Å²) in [6.45, 7) is 5.41. The van der Waals surface area contributed by atoms with E-state index in [1.807, 2.05) is 49.1 Å². The van der Waals surface area contributed by atoms with Gasteiger partial charge >= 0.3 is 0 Å². The number of hydrogen-bond acceptors (Lipinski definition) is 3. The molecular formula is C22H29NO3. The summed E-state index contributed by atoms with van der Waals surface area (Å²) >= 11 is 0. The first-order valence-corrected chi connectivity index (χ1v) is 9.71. The minimum absolute atomic E-state index is 0.0235. The zero-order valence-electron chi connectivity index (χ0n) is 15.9. The highest BCUT2D eigenvalue weighted by Gasteiger charge is 2.53. The predicted molar refractivity (Wildman–Crippen MR) is 101 cm³/mol. The SMILES string of the molecule is CC1(C)CC(=O)C(CC(=O)N2CCCCC2)(Cc2ccccc2)C(=O)C1. The number of Topliss-reactive ketones (excluding diaryl/α,β-unsaturated/α-hetero) is 2. The molecule has 0 aromatic heterocycles. The first-order valence-electron chi connectivity index (χ1n) is 9.71. The fourth-order valence-electron chi connectivity index (χ4n) is 4.34. The van der Waals surface area contributed by atoms with Gasteiger partial charge in [-0.25, -0.2) is 0 Å². The van der Waals surface area contributed by atoms with Gasteiger partial charge in [-0.3, -0.25) is 14.4 Å². The predicted octanol–water partition coefficient (Wildman–Crippen LogP) is 3.58. The third-order valence-electron chi connectivity index (χ3n) is 5.86. The van der Waals surface area contributed by atoms with E-state index >= 15 is 0 Å². The van der Waals surface area contributed by atoms with Gasteiger partial charge in [-0.15, -0.1) is 0 Å². The van der Waals surface area contributed by atoms with Gasteiger partial charge in [0, 0.05) is 32.4 Å². The zero-order chi connectivity index (χ0) is 18.8. The Morgan fingerprint density at radius 1 is 0.962 bits per heavy atom. The van der Waals surface area contributed by atoms with Crippen LogP contribution in [0, 0.1) is 10.8 Å². The Morgan fingerprint density at radius 2 is 1.54 bits per heavy atom. The van der Waals surface area contributed by atoms with E-state index in [0.29, 0.717) is 19.3 Å². The van der Waals surface area contributed by atoms with Crippen molar-refractivity contribution in [3.8, 4) is 0 Å². The van der Waals surface area contributed by atoms with E-state index in [1.54, 1.807) is 0 Å². The maximum Gasteiger partial charge on any atom is 0.224 e. The molecule has 1 aliphatic carbocycles. The Hall–Kier alpha value is -1.97. The van der Waals surface area contributed by atoms with E-state index in [4.69, 9.17) is 0 Å². The Balaban J connectivity index is 1.89. The van der Waals surface area contributed by atoms with Crippen LogP contribution in [-0.2, 0) is 20.8 Å². The number of rotatable bonds is 4. The van der Waals surface area contributed by atoms with Crippen molar-refractivity contribution in [1.82, 2.24) is 4.90 Å². The quantitative estimate of drug-likeness (QED) is 0.776. The molecule has 1 aromatic carbocycles. The van der Waals surface area contributed by atoms with E-state index in [9.17, 15) is 14.4 Å². The summed E-state index contributed by atoms with van der Waals surface area (Å²) in [4.78, 5) is 41.1. The summed E-state index contributed by atoms with van der Waals surface area (Å²) in [6.07, 6.45) is 4.23. The lowest BCUT2D eigenvalue weighted by atomic mass is 9.60. The van der Waals surface area contributed by atoms with Crippen molar-refractivity contribution < 1.29 is 14.4 Å². The number of amides is 1. The lowest BCUT2D eigenvalue weighted by Gasteiger charge is -2.41. The average Bonchev–Trinajstić information content (AvgIpc) is 2.60. The van der Waals surface area contributed by atoms with Crippen LogP contribution in [0.4, 0.5) is 0 Å². The largest absolute Gasteiger partial charge is 0.343 e. The summed E-state index contributed by atoms with van der Waals surface area (Å²) in [5.41, 5.74) is -0.561. The number of ketones is 2. The Bertz CT molecular complexity index is 667. The molecule has 4 nitrogen and oxygen atoms in total. The maximum absolute atomic E-state index is 13.2. The number of benzene rings is 1. The number of hydrogen-bond donors (Lipinski definition) is 0. The third-order valence-corrected chi connectivity index (χ3v) is 5.86. The van der Waals surface area contributed by atoms with Crippen LogP contribution in [0.15, 0.2) is 30.3 Å². The molecule has 0 atom stereocenters. The van der Waals surface area contributed by atoms with Crippen LogP contribution < -0.4 is 0 Å². The van der Waals surface area contributed by atoms with Crippen molar-refractivity contribution in [3.63, 3.8) is 0 Å². The summed E-state index contributed by atoms with van der Waals surface area (Å²) < 4.78 is 0.